The van der Waals surface area contributed by atoms with Crippen molar-refractivity contribution in [2.24, 2.45) is 10.7 Å². The van der Waals surface area contributed by atoms with Crippen LogP contribution in [-0.2, 0) is 6.54 Å². The van der Waals surface area contributed by atoms with E-state index in [-0.39, 0.29) is 18.3 Å². The van der Waals surface area contributed by atoms with E-state index in [4.69, 9.17) is 10.8 Å². The third-order valence-corrected chi connectivity index (χ3v) is 4.59. The summed E-state index contributed by atoms with van der Waals surface area (Å²) in [5, 5.41) is 10.5. The molecule has 0 spiro atoms. The van der Waals surface area contributed by atoms with Crippen LogP contribution in [-0.4, -0.2) is 48.3 Å². The van der Waals surface area contributed by atoms with Crippen molar-refractivity contribution in [1.29, 1.82) is 0 Å². The molecule has 0 unspecified atom stereocenters. The normalized spacial score (nSPS) is 14.9. The van der Waals surface area contributed by atoms with Gasteiger partial charge in [-0.3, -0.25) is 10.3 Å². The average Bonchev–Trinajstić information content (AvgIpc) is 2.67. The molecule has 1 saturated heterocycles. The second-order valence-electron chi connectivity index (χ2n) is 6.51. The summed E-state index contributed by atoms with van der Waals surface area (Å²) in [7, 11) is 0. The van der Waals surface area contributed by atoms with E-state index in [1.807, 2.05) is 35.5 Å². The number of carboxylic acid groups (broad SMARTS) is 1. The third kappa shape index (κ3) is 4.67. The number of aryl methyl sites for hydroxylation is 1. The number of aliphatic imine (C=N–C) groups is 1. The van der Waals surface area contributed by atoms with Crippen molar-refractivity contribution in [3.05, 3.63) is 53.6 Å². The number of amides is 1. The predicted molar refractivity (Wildman–Crippen MR) is 106 cm³/mol. The number of hydrogen-bond donors (Lipinski definition) is 3. The molecular formula is C19H23FN6O2. The molecule has 28 heavy (non-hydrogen) atoms. The fourth-order valence-corrected chi connectivity index (χ4v) is 3.10. The maximum Gasteiger partial charge on any atom is 0.411 e. The zero-order valence-electron chi connectivity index (χ0n) is 15.6. The van der Waals surface area contributed by atoms with Gasteiger partial charge in [-0.1, -0.05) is 12.1 Å². The van der Waals surface area contributed by atoms with Crippen molar-refractivity contribution in [2.45, 2.75) is 13.5 Å². The minimum atomic E-state index is -1.31. The van der Waals surface area contributed by atoms with E-state index in [0.29, 0.717) is 24.3 Å². The Balaban J connectivity index is 1.66. The Kier molecular flexibility index (Phi) is 5.93. The molecule has 0 saturated carbocycles. The van der Waals surface area contributed by atoms with Gasteiger partial charge in [0.05, 0.1) is 24.1 Å². The highest BCUT2D eigenvalue weighted by molar-refractivity contribution is 5.91. The maximum absolute atomic E-state index is 14.9. The van der Waals surface area contributed by atoms with Crippen LogP contribution in [0.4, 0.5) is 20.6 Å². The van der Waals surface area contributed by atoms with Crippen LogP contribution in [0.3, 0.4) is 0 Å². The molecule has 9 heteroatoms. The number of piperazine rings is 1. The number of hydrogen-bond acceptors (Lipinski definition) is 5. The minimum Gasteiger partial charge on any atom is -0.465 e. The molecule has 1 aliphatic rings. The number of nitrogens with two attached hydrogens (primary N) is 1. The summed E-state index contributed by atoms with van der Waals surface area (Å²) in [4.78, 5) is 23.0. The summed E-state index contributed by atoms with van der Waals surface area (Å²) >= 11 is 0. The highest BCUT2D eigenvalue weighted by Crippen LogP contribution is 2.25. The number of nitrogens with zero attached hydrogens (tertiary/aromatic N) is 4. The SMILES string of the molecule is Cc1ccc(N2CCN(c3cccc(CN=C(N)NC(=O)O)c3F)CC2)cn1. The van der Waals surface area contributed by atoms with E-state index >= 15 is 0 Å². The fourth-order valence-electron chi connectivity index (χ4n) is 3.10. The Labute approximate surface area is 162 Å². The molecule has 0 atom stereocenters. The lowest BCUT2D eigenvalue weighted by Gasteiger charge is -2.37. The largest absolute Gasteiger partial charge is 0.465 e. The highest BCUT2D eigenvalue weighted by atomic mass is 19.1. The average molecular weight is 386 g/mol. The van der Waals surface area contributed by atoms with Crippen LogP contribution in [0.2, 0.25) is 0 Å². The highest BCUT2D eigenvalue weighted by Gasteiger charge is 2.21. The molecule has 0 radical (unpaired) electrons. The van der Waals surface area contributed by atoms with Gasteiger partial charge in [-0.2, -0.15) is 0 Å². The van der Waals surface area contributed by atoms with E-state index < -0.39 is 6.09 Å². The van der Waals surface area contributed by atoms with Crippen LogP contribution in [0.15, 0.2) is 41.5 Å². The zero-order valence-corrected chi connectivity index (χ0v) is 15.6. The monoisotopic (exact) mass is 386 g/mol. The Morgan fingerprint density at radius 3 is 2.61 bits per heavy atom. The summed E-state index contributed by atoms with van der Waals surface area (Å²) in [5.74, 6) is -0.627. The number of benzene rings is 1. The van der Waals surface area contributed by atoms with Crippen LogP contribution in [0, 0.1) is 12.7 Å². The van der Waals surface area contributed by atoms with Gasteiger partial charge >= 0.3 is 6.09 Å². The molecule has 1 aromatic heterocycles. The van der Waals surface area contributed by atoms with E-state index in [1.165, 1.54) is 0 Å². The first-order valence-corrected chi connectivity index (χ1v) is 8.94. The van der Waals surface area contributed by atoms with E-state index in [2.05, 4.69) is 14.9 Å². The molecule has 8 nitrogen and oxygen atoms in total. The van der Waals surface area contributed by atoms with Gasteiger partial charge < -0.3 is 20.6 Å². The number of anilines is 2. The first kappa shape index (κ1) is 19.4. The van der Waals surface area contributed by atoms with E-state index in [0.717, 1.165) is 24.5 Å². The van der Waals surface area contributed by atoms with Gasteiger partial charge in [-0.25, -0.2) is 14.2 Å². The summed E-state index contributed by atoms with van der Waals surface area (Å²) in [6.07, 6.45) is 0.553. The lowest BCUT2D eigenvalue weighted by atomic mass is 10.1. The first-order chi connectivity index (χ1) is 13.4. The Hall–Kier alpha value is -3.36. The van der Waals surface area contributed by atoms with E-state index in [9.17, 15) is 9.18 Å². The number of pyridine rings is 1. The molecule has 2 aromatic rings. The zero-order chi connectivity index (χ0) is 20.1. The van der Waals surface area contributed by atoms with Crippen molar-refractivity contribution >= 4 is 23.4 Å². The molecule has 1 amide bonds. The number of guanidine groups is 1. The molecule has 1 aromatic carbocycles. The van der Waals surface area contributed by atoms with Crippen molar-refractivity contribution in [3.63, 3.8) is 0 Å². The van der Waals surface area contributed by atoms with Crippen LogP contribution >= 0.6 is 0 Å². The number of carbonyl (C=O) groups is 1. The minimum absolute atomic E-state index is 0.0409. The number of aromatic nitrogens is 1. The molecule has 1 aliphatic heterocycles. The van der Waals surface area contributed by atoms with Crippen molar-refractivity contribution in [1.82, 2.24) is 10.3 Å². The molecule has 148 valence electrons. The quantitative estimate of drug-likeness (QED) is 0.548. The smallest absolute Gasteiger partial charge is 0.411 e. The predicted octanol–water partition coefficient (Wildman–Crippen LogP) is 1.94. The summed E-state index contributed by atoms with van der Waals surface area (Å²) in [5.41, 5.74) is 8.36. The summed E-state index contributed by atoms with van der Waals surface area (Å²) < 4.78 is 14.9. The van der Waals surface area contributed by atoms with Gasteiger partial charge in [0.15, 0.2) is 11.8 Å². The number of nitrogens with one attached hydrogen (secondary N) is 1. The number of rotatable bonds is 4. The standard InChI is InChI=1S/C19H23FN6O2/c1-13-5-6-15(12-22-13)25-7-9-26(10-8-25)16-4-2-3-14(17(16)20)11-23-18(21)24-19(27)28/h2-6,12H,7-11H2,1H3,(H,27,28)(H3,21,23,24). The molecule has 1 fully saturated rings. The van der Waals surface area contributed by atoms with E-state index in [1.54, 1.807) is 18.2 Å². The first-order valence-electron chi connectivity index (χ1n) is 8.94. The maximum atomic E-state index is 14.9. The van der Waals surface area contributed by atoms with Crippen LogP contribution in [0.1, 0.15) is 11.3 Å². The van der Waals surface area contributed by atoms with Gasteiger partial charge in [0.2, 0.25) is 0 Å². The van der Waals surface area contributed by atoms with Crippen LogP contribution < -0.4 is 20.9 Å². The van der Waals surface area contributed by atoms with Crippen molar-refractivity contribution in [3.8, 4) is 0 Å². The van der Waals surface area contributed by atoms with Crippen LogP contribution in [0.25, 0.3) is 0 Å². The van der Waals surface area contributed by atoms with Crippen molar-refractivity contribution < 1.29 is 14.3 Å². The second kappa shape index (κ2) is 8.55. The molecule has 0 aliphatic carbocycles. The Morgan fingerprint density at radius 1 is 1.25 bits per heavy atom. The Morgan fingerprint density at radius 2 is 1.96 bits per heavy atom. The fraction of sp³-hybridized carbons (Fsp3) is 0.316. The number of halogens is 1. The third-order valence-electron chi connectivity index (χ3n) is 4.59. The lowest BCUT2D eigenvalue weighted by molar-refractivity contribution is 0.200. The Bertz CT molecular complexity index is 863. The van der Waals surface area contributed by atoms with Gasteiger partial charge in [0.1, 0.15) is 0 Å². The van der Waals surface area contributed by atoms with Gasteiger partial charge in [-0.05, 0) is 25.1 Å². The summed E-state index contributed by atoms with van der Waals surface area (Å²) in [6.45, 7) is 4.80. The molecular weight excluding hydrogens is 363 g/mol. The molecule has 4 N–H and O–H groups in total. The van der Waals surface area contributed by atoms with Crippen LogP contribution in [0.5, 0.6) is 0 Å². The molecule has 3 rings (SSSR count). The van der Waals surface area contributed by atoms with Gasteiger partial charge in [0, 0.05) is 37.4 Å². The van der Waals surface area contributed by atoms with Gasteiger partial charge in [0.25, 0.3) is 0 Å². The second-order valence-corrected chi connectivity index (χ2v) is 6.51. The lowest BCUT2D eigenvalue weighted by Crippen LogP contribution is -2.47. The van der Waals surface area contributed by atoms with Crippen molar-refractivity contribution in [2.75, 3.05) is 36.0 Å². The van der Waals surface area contributed by atoms with Gasteiger partial charge in [-0.15, -0.1) is 0 Å². The molecule has 0 bridgehead atoms. The summed E-state index contributed by atoms with van der Waals surface area (Å²) in [6, 6.07) is 9.15. The molecule has 2 heterocycles. The topological polar surface area (TPSA) is 107 Å².